The van der Waals surface area contributed by atoms with Crippen molar-refractivity contribution in [2.75, 3.05) is 19.6 Å². The van der Waals surface area contributed by atoms with Gasteiger partial charge in [-0.1, -0.05) is 26.2 Å². The lowest BCUT2D eigenvalue weighted by Crippen LogP contribution is -2.41. The van der Waals surface area contributed by atoms with Gasteiger partial charge in [-0.05, 0) is 50.1 Å². The van der Waals surface area contributed by atoms with Crippen molar-refractivity contribution in [2.45, 2.75) is 51.9 Å². The van der Waals surface area contributed by atoms with Gasteiger partial charge in [0.25, 0.3) is 0 Å². The average Bonchev–Trinajstić information content (AvgIpc) is 2.39. The summed E-state index contributed by atoms with van der Waals surface area (Å²) in [6.45, 7) is 5.37. The Morgan fingerprint density at radius 2 is 2.00 bits per heavy atom. The molecule has 1 aliphatic carbocycles. The summed E-state index contributed by atoms with van der Waals surface area (Å²) in [5, 5.41) is 6.57. The fourth-order valence-electron chi connectivity index (χ4n) is 3.34. The van der Waals surface area contributed by atoms with E-state index in [1.54, 1.807) is 0 Å². The minimum absolute atomic E-state index is 0.285. The second kappa shape index (κ2) is 7.13. The van der Waals surface area contributed by atoms with E-state index in [-0.39, 0.29) is 5.91 Å². The molecule has 2 fully saturated rings. The topological polar surface area (TPSA) is 41.1 Å². The van der Waals surface area contributed by atoms with Crippen LogP contribution in [-0.4, -0.2) is 25.5 Å². The van der Waals surface area contributed by atoms with Crippen molar-refractivity contribution in [3.05, 3.63) is 0 Å². The summed E-state index contributed by atoms with van der Waals surface area (Å²) in [6, 6.07) is 0. The maximum atomic E-state index is 11.9. The van der Waals surface area contributed by atoms with Gasteiger partial charge in [0.15, 0.2) is 0 Å². The molecule has 0 radical (unpaired) electrons. The van der Waals surface area contributed by atoms with Crippen LogP contribution in [0.25, 0.3) is 0 Å². The van der Waals surface area contributed by atoms with Crippen LogP contribution >= 0.6 is 0 Å². The molecule has 1 heterocycles. The van der Waals surface area contributed by atoms with Crippen LogP contribution in [0, 0.1) is 17.8 Å². The third-order valence-corrected chi connectivity index (χ3v) is 4.72. The van der Waals surface area contributed by atoms with E-state index < -0.39 is 0 Å². The Morgan fingerprint density at radius 1 is 1.22 bits per heavy atom. The van der Waals surface area contributed by atoms with E-state index in [2.05, 4.69) is 17.6 Å². The molecule has 1 aliphatic heterocycles. The highest BCUT2D eigenvalue weighted by Crippen LogP contribution is 2.26. The van der Waals surface area contributed by atoms with Crippen molar-refractivity contribution in [1.29, 1.82) is 0 Å². The first-order valence-electron chi connectivity index (χ1n) is 7.73. The van der Waals surface area contributed by atoms with Crippen LogP contribution in [0.2, 0.25) is 0 Å². The molecule has 2 aliphatic rings. The van der Waals surface area contributed by atoms with Gasteiger partial charge in [0.2, 0.25) is 5.91 Å². The lowest BCUT2D eigenvalue weighted by atomic mass is 9.86. The first-order chi connectivity index (χ1) is 8.75. The Morgan fingerprint density at radius 3 is 2.72 bits per heavy atom. The highest BCUT2D eigenvalue weighted by molar-refractivity contribution is 5.76. The van der Waals surface area contributed by atoms with Crippen molar-refractivity contribution in [3.63, 3.8) is 0 Å². The standard InChI is InChI=1S/C15H28N2O/c1-12-10-16-8-7-14(12)11-17-15(18)9-13-5-3-2-4-6-13/h12-14,16H,2-11H2,1H3,(H,17,18). The van der Waals surface area contributed by atoms with Crippen molar-refractivity contribution < 1.29 is 4.79 Å². The molecule has 3 heteroatoms. The molecule has 1 saturated heterocycles. The smallest absolute Gasteiger partial charge is 0.220 e. The summed E-state index contributed by atoms with van der Waals surface area (Å²) in [5.74, 6) is 2.30. The summed E-state index contributed by atoms with van der Waals surface area (Å²) < 4.78 is 0. The zero-order valence-electron chi connectivity index (χ0n) is 11.7. The maximum absolute atomic E-state index is 11.9. The molecule has 0 spiro atoms. The molecule has 1 saturated carbocycles. The van der Waals surface area contributed by atoms with Gasteiger partial charge in [-0.25, -0.2) is 0 Å². The number of amides is 1. The zero-order chi connectivity index (χ0) is 12.8. The van der Waals surface area contributed by atoms with Crippen LogP contribution in [0.3, 0.4) is 0 Å². The minimum Gasteiger partial charge on any atom is -0.356 e. The lowest BCUT2D eigenvalue weighted by Gasteiger charge is -2.30. The van der Waals surface area contributed by atoms with Crippen molar-refractivity contribution in [2.24, 2.45) is 17.8 Å². The van der Waals surface area contributed by atoms with E-state index >= 15 is 0 Å². The van der Waals surface area contributed by atoms with Crippen LogP contribution < -0.4 is 10.6 Å². The fourth-order valence-corrected chi connectivity index (χ4v) is 3.34. The van der Waals surface area contributed by atoms with Crippen LogP contribution in [-0.2, 0) is 4.79 Å². The number of hydrogen-bond acceptors (Lipinski definition) is 2. The maximum Gasteiger partial charge on any atom is 0.220 e. The highest BCUT2D eigenvalue weighted by atomic mass is 16.1. The average molecular weight is 252 g/mol. The third-order valence-electron chi connectivity index (χ3n) is 4.72. The van der Waals surface area contributed by atoms with Gasteiger partial charge in [0.1, 0.15) is 0 Å². The molecule has 0 aromatic heterocycles. The van der Waals surface area contributed by atoms with E-state index in [0.29, 0.717) is 17.8 Å². The Balaban J connectivity index is 1.64. The molecule has 0 aromatic rings. The van der Waals surface area contributed by atoms with Gasteiger partial charge < -0.3 is 10.6 Å². The van der Waals surface area contributed by atoms with Gasteiger partial charge in [-0.2, -0.15) is 0 Å². The molecule has 18 heavy (non-hydrogen) atoms. The number of piperidine rings is 1. The summed E-state index contributed by atoms with van der Waals surface area (Å²) in [7, 11) is 0. The third kappa shape index (κ3) is 4.27. The van der Waals surface area contributed by atoms with Gasteiger partial charge in [-0.15, -0.1) is 0 Å². The Labute approximate surface area is 111 Å². The lowest BCUT2D eigenvalue weighted by molar-refractivity contribution is -0.122. The largest absolute Gasteiger partial charge is 0.356 e. The van der Waals surface area contributed by atoms with E-state index in [0.717, 1.165) is 26.1 Å². The predicted octanol–water partition coefficient (Wildman–Crippen LogP) is 2.32. The normalized spacial score (nSPS) is 30.1. The summed E-state index contributed by atoms with van der Waals surface area (Å²) in [5.41, 5.74) is 0. The molecular formula is C15H28N2O. The Kier molecular flexibility index (Phi) is 5.48. The van der Waals surface area contributed by atoms with Crippen LogP contribution in [0.5, 0.6) is 0 Å². The summed E-state index contributed by atoms with van der Waals surface area (Å²) >= 11 is 0. The summed E-state index contributed by atoms with van der Waals surface area (Å²) in [4.78, 5) is 11.9. The molecule has 3 nitrogen and oxygen atoms in total. The molecule has 2 unspecified atom stereocenters. The van der Waals surface area contributed by atoms with Gasteiger partial charge in [0.05, 0.1) is 0 Å². The monoisotopic (exact) mass is 252 g/mol. The molecule has 2 atom stereocenters. The number of carbonyl (C=O) groups excluding carboxylic acids is 1. The first-order valence-corrected chi connectivity index (χ1v) is 7.73. The SMILES string of the molecule is CC1CNCCC1CNC(=O)CC1CCCCC1. The van der Waals surface area contributed by atoms with Gasteiger partial charge >= 0.3 is 0 Å². The number of nitrogens with one attached hydrogen (secondary N) is 2. The second-order valence-electron chi connectivity index (χ2n) is 6.24. The Hall–Kier alpha value is -0.570. The predicted molar refractivity (Wildman–Crippen MR) is 74.3 cm³/mol. The second-order valence-corrected chi connectivity index (χ2v) is 6.24. The van der Waals surface area contributed by atoms with E-state index in [1.165, 1.54) is 38.5 Å². The molecule has 2 rings (SSSR count). The van der Waals surface area contributed by atoms with Crippen LogP contribution in [0.15, 0.2) is 0 Å². The molecule has 0 aromatic carbocycles. The van der Waals surface area contributed by atoms with Crippen molar-refractivity contribution in [3.8, 4) is 0 Å². The molecule has 0 bridgehead atoms. The van der Waals surface area contributed by atoms with E-state index in [4.69, 9.17) is 0 Å². The van der Waals surface area contributed by atoms with Crippen LogP contribution in [0.1, 0.15) is 51.9 Å². The highest BCUT2D eigenvalue weighted by Gasteiger charge is 2.22. The van der Waals surface area contributed by atoms with Gasteiger partial charge in [-0.3, -0.25) is 4.79 Å². The minimum atomic E-state index is 0.285. The molecule has 1 amide bonds. The Bertz CT molecular complexity index is 261. The fraction of sp³-hybridized carbons (Fsp3) is 0.933. The molecule has 104 valence electrons. The van der Waals surface area contributed by atoms with E-state index in [1.807, 2.05) is 0 Å². The molecular weight excluding hydrogens is 224 g/mol. The van der Waals surface area contributed by atoms with E-state index in [9.17, 15) is 4.79 Å². The number of carbonyl (C=O) groups is 1. The first kappa shape index (κ1) is 13.9. The van der Waals surface area contributed by atoms with Crippen molar-refractivity contribution >= 4 is 5.91 Å². The number of hydrogen-bond donors (Lipinski definition) is 2. The molecule has 2 N–H and O–H groups in total. The van der Waals surface area contributed by atoms with Gasteiger partial charge in [0, 0.05) is 13.0 Å². The zero-order valence-corrected chi connectivity index (χ0v) is 11.7. The number of rotatable bonds is 4. The van der Waals surface area contributed by atoms with Crippen molar-refractivity contribution in [1.82, 2.24) is 10.6 Å². The summed E-state index contributed by atoms with van der Waals surface area (Å²) in [6.07, 6.45) is 8.50. The quantitative estimate of drug-likeness (QED) is 0.806. The van der Waals surface area contributed by atoms with Crippen LogP contribution in [0.4, 0.5) is 0 Å².